The molecule has 0 bridgehead atoms. The van der Waals surface area contributed by atoms with E-state index in [9.17, 15) is 19.7 Å². The molecule has 0 aliphatic carbocycles. The van der Waals surface area contributed by atoms with Gasteiger partial charge in [0.15, 0.2) is 0 Å². The number of nitrogens with one attached hydrogen (secondary N) is 1. The predicted molar refractivity (Wildman–Crippen MR) is 236 cm³/mol. The summed E-state index contributed by atoms with van der Waals surface area (Å²) in [4.78, 5) is 46.1. The number of likely N-dealkylation sites (N-methyl/N-ethyl adjacent to an activating group) is 1. The smallest absolute Gasteiger partial charge is 0.270 e. The lowest BCUT2D eigenvalue weighted by Crippen LogP contribution is -2.36. The highest BCUT2D eigenvalue weighted by molar-refractivity contribution is 6.09. The number of non-ortho nitro benzene ring substituents is 1. The number of nitro benzene ring substituents is 1. The number of hydrogen-bond acceptors (Lipinski definition) is 8. The van der Waals surface area contributed by atoms with E-state index in [1.807, 2.05) is 73.0 Å². The second-order valence-electron chi connectivity index (χ2n) is 14.5. The SMILES string of the molecule is C.C#C.CN1CCOCC1.COc1cccc(CN(C(=O)c2cc(-c3cc([N+](=O)[O-])ccc3C(=O)N3CCc4ccccc4C3)n(C)c2C)c2ccc3cn[nH]c3c2)c1C. The number of methoxy groups -OCH3 is 1. The minimum absolute atomic E-state index is 0. The Kier molecular flexibility index (Phi) is 14.6. The molecule has 6 aromatic rings. The highest BCUT2D eigenvalue weighted by Crippen LogP contribution is 2.35. The summed E-state index contributed by atoms with van der Waals surface area (Å²) < 4.78 is 12.5. The van der Waals surface area contributed by atoms with Gasteiger partial charge in [0, 0.05) is 78.9 Å². The lowest BCUT2D eigenvalue weighted by molar-refractivity contribution is -0.384. The van der Waals surface area contributed by atoms with E-state index in [1.54, 1.807) is 36.2 Å². The monoisotopic (exact) mass is 811 g/mol. The maximum Gasteiger partial charge on any atom is 0.270 e. The first-order chi connectivity index (χ1) is 28.5. The van der Waals surface area contributed by atoms with E-state index in [-0.39, 0.29) is 31.5 Å². The quantitative estimate of drug-likeness (QED) is 0.0928. The van der Waals surface area contributed by atoms with Crippen molar-refractivity contribution in [1.82, 2.24) is 24.6 Å². The van der Waals surface area contributed by atoms with Crippen LogP contribution in [-0.2, 0) is 31.3 Å². The average molecular weight is 812 g/mol. The summed E-state index contributed by atoms with van der Waals surface area (Å²) in [6, 6.07) is 25.5. The Hall–Kier alpha value is -6.75. The minimum Gasteiger partial charge on any atom is -0.496 e. The summed E-state index contributed by atoms with van der Waals surface area (Å²) >= 11 is 0. The molecule has 13 nitrogen and oxygen atoms in total. The van der Waals surface area contributed by atoms with Crippen LogP contribution < -0.4 is 9.64 Å². The summed E-state index contributed by atoms with van der Waals surface area (Å²) in [5, 5.41) is 20.0. The Morgan fingerprint density at radius 2 is 1.67 bits per heavy atom. The molecule has 4 heterocycles. The minimum atomic E-state index is -0.472. The van der Waals surface area contributed by atoms with Crippen molar-refractivity contribution < 1.29 is 24.0 Å². The van der Waals surface area contributed by atoms with Crippen LogP contribution in [0.1, 0.15) is 56.1 Å². The average Bonchev–Trinajstić information content (AvgIpc) is 3.86. The highest BCUT2D eigenvalue weighted by Gasteiger charge is 2.29. The molecule has 60 heavy (non-hydrogen) atoms. The van der Waals surface area contributed by atoms with Crippen molar-refractivity contribution in [2.24, 2.45) is 7.05 Å². The maximum atomic E-state index is 14.7. The summed E-state index contributed by atoms with van der Waals surface area (Å²) in [6.45, 7) is 9.05. The van der Waals surface area contributed by atoms with Crippen LogP contribution >= 0.6 is 0 Å². The van der Waals surface area contributed by atoms with Crippen molar-refractivity contribution in [3.05, 3.63) is 140 Å². The number of terminal acetylenes is 1. The molecule has 2 aliphatic heterocycles. The van der Waals surface area contributed by atoms with Gasteiger partial charge in [0.2, 0.25) is 0 Å². The van der Waals surface area contributed by atoms with Crippen LogP contribution in [0.2, 0.25) is 0 Å². The molecule has 2 aliphatic rings. The van der Waals surface area contributed by atoms with Crippen LogP contribution in [-0.4, -0.2) is 88.3 Å². The number of benzene rings is 4. The number of rotatable bonds is 8. The van der Waals surface area contributed by atoms with Gasteiger partial charge in [0.25, 0.3) is 17.5 Å². The molecule has 1 saturated heterocycles. The molecule has 0 unspecified atom stereocenters. The Bertz CT molecular complexity index is 2500. The molecule has 2 aromatic heterocycles. The summed E-state index contributed by atoms with van der Waals surface area (Å²) in [7, 11) is 5.54. The fourth-order valence-corrected chi connectivity index (χ4v) is 7.45. The van der Waals surface area contributed by atoms with Crippen molar-refractivity contribution >= 4 is 34.1 Å². The maximum absolute atomic E-state index is 14.7. The Morgan fingerprint density at radius 3 is 2.35 bits per heavy atom. The van der Waals surface area contributed by atoms with Gasteiger partial charge < -0.3 is 28.7 Å². The lowest BCUT2D eigenvalue weighted by Gasteiger charge is -2.29. The molecule has 2 amide bonds. The molecule has 0 atom stereocenters. The Labute approximate surface area is 351 Å². The predicted octanol–water partition coefficient (Wildman–Crippen LogP) is 7.98. The number of amides is 2. The van der Waals surface area contributed by atoms with E-state index in [0.717, 1.165) is 66.1 Å². The van der Waals surface area contributed by atoms with Crippen LogP contribution in [0, 0.1) is 36.8 Å². The largest absolute Gasteiger partial charge is 0.496 e. The zero-order valence-electron chi connectivity index (χ0n) is 34.1. The van der Waals surface area contributed by atoms with Crippen molar-refractivity contribution in [3.8, 4) is 29.9 Å². The number of nitrogens with zero attached hydrogens (tertiary/aromatic N) is 6. The van der Waals surface area contributed by atoms with Gasteiger partial charge in [-0.1, -0.05) is 43.8 Å². The summed E-state index contributed by atoms with van der Waals surface area (Å²) in [5.41, 5.74) is 7.73. The van der Waals surface area contributed by atoms with E-state index < -0.39 is 4.92 Å². The van der Waals surface area contributed by atoms with E-state index in [1.165, 1.54) is 23.8 Å². The molecule has 4 aromatic carbocycles. The first-order valence-electron chi connectivity index (χ1n) is 19.3. The summed E-state index contributed by atoms with van der Waals surface area (Å²) in [5.74, 6) is 0.229. The molecule has 13 heteroatoms. The molecular formula is C47H53N7O6. The standard InChI is InChI=1S/C39H36N6O5.C5H11NO.C2H2.CH4/c1-24-28(10-7-11-37(24)50-4)23-44(30-13-12-27-21-40-41-35(27)19-30)39(47)33-20-36(42(3)25(33)2)34-18-31(45(48)49)14-15-32(34)38(46)43-17-16-26-8-5-6-9-29(26)22-43;1-6-2-4-7-5-3-6;1-2;/h5-15,18-21H,16-17,22-23H2,1-4H3,(H,40,41);2-5H2,1H3;1-2H;1H4. The molecule has 1 fully saturated rings. The summed E-state index contributed by atoms with van der Waals surface area (Å²) in [6.07, 6.45) is 10.4. The van der Waals surface area contributed by atoms with Crippen molar-refractivity contribution in [2.75, 3.05) is 51.9 Å². The number of nitro groups is 1. The number of hydrogen-bond donors (Lipinski definition) is 1. The fourth-order valence-electron chi connectivity index (χ4n) is 7.45. The van der Waals surface area contributed by atoms with Gasteiger partial charge in [0.05, 0.1) is 49.1 Å². The lowest BCUT2D eigenvalue weighted by atomic mass is 9.97. The Morgan fingerprint density at radius 1 is 0.933 bits per heavy atom. The van der Waals surface area contributed by atoms with Gasteiger partial charge in [0.1, 0.15) is 5.75 Å². The zero-order valence-corrected chi connectivity index (χ0v) is 34.1. The van der Waals surface area contributed by atoms with Gasteiger partial charge in [-0.25, -0.2) is 0 Å². The molecule has 312 valence electrons. The molecule has 1 N–H and O–H groups in total. The van der Waals surface area contributed by atoms with Crippen molar-refractivity contribution in [3.63, 3.8) is 0 Å². The third kappa shape index (κ3) is 9.41. The zero-order chi connectivity index (χ0) is 42.2. The topological polar surface area (TPSA) is 139 Å². The van der Waals surface area contributed by atoms with E-state index in [2.05, 4.69) is 41.1 Å². The van der Waals surface area contributed by atoms with Crippen LogP contribution in [0.15, 0.2) is 91.1 Å². The third-order valence-electron chi connectivity index (χ3n) is 11.1. The number of carbonyl (C=O) groups is 2. The van der Waals surface area contributed by atoms with Crippen LogP contribution in [0.5, 0.6) is 5.75 Å². The first kappa shape index (κ1) is 44.4. The number of carbonyl (C=O) groups excluding carboxylic acids is 2. The van der Waals surface area contributed by atoms with E-state index >= 15 is 0 Å². The molecule has 0 spiro atoms. The number of ether oxygens (including phenoxy) is 2. The van der Waals surface area contributed by atoms with E-state index in [4.69, 9.17) is 9.47 Å². The normalized spacial score (nSPS) is 13.4. The van der Waals surface area contributed by atoms with Crippen molar-refractivity contribution in [2.45, 2.75) is 40.8 Å². The van der Waals surface area contributed by atoms with Gasteiger partial charge in [-0.05, 0) is 86.0 Å². The number of anilines is 1. The number of aromatic amines is 1. The van der Waals surface area contributed by atoms with Crippen LogP contribution in [0.25, 0.3) is 22.2 Å². The van der Waals surface area contributed by atoms with E-state index in [0.29, 0.717) is 46.9 Å². The Balaban J connectivity index is 0.000000613. The second-order valence-corrected chi connectivity index (χ2v) is 14.5. The van der Waals surface area contributed by atoms with Crippen molar-refractivity contribution in [1.29, 1.82) is 0 Å². The highest BCUT2D eigenvalue weighted by atomic mass is 16.6. The van der Waals surface area contributed by atoms with Crippen LogP contribution in [0.4, 0.5) is 11.4 Å². The molecule has 0 radical (unpaired) electrons. The first-order valence-corrected chi connectivity index (χ1v) is 19.3. The van der Waals surface area contributed by atoms with Gasteiger partial charge in [-0.15, -0.1) is 12.8 Å². The van der Waals surface area contributed by atoms with Crippen LogP contribution in [0.3, 0.4) is 0 Å². The number of fused-ring (bicyclic) bond motifs is 2. The number of aromatic nitrogens is 3. The molecule has 8 rings (SSSR count). The number of morpholine rings is 1. The van der Waals surface area contributed by atoms with Gasteiger partial charge in [-0.2, -0.15) is 5.10 Å². The van der Waals surface area contributed by atoms with Gasteiger partial charge >= 0.3 is 0 Å². The molecule has 0 saturated carbocycles. The number of H-pyrrole nitrogens is 1. The third-order valence-corrected chi connectivity index (χ3v) is 11.1. The van der Waals surface area contributed by atoms with Gasteiger partial charge in [-0.3, -0.25) is 24.8 Å². The second kappa shape index (κ2) is 19.8. The molecular weight excluding hydrogens is 759 g/mol. The fraction of sp³-hybridized carbons (Fsp3) is 0.298.